The van der Waals surface area contributed by atoms with Crippen molar-refractivity contribution >= 4 is 11.3 Å². The molecule has 0 bridgehead atoms. The molecule has 1 aromatic heterocycles. The average Bonchev–Trinajstić information content (AvgIpc) is 2.77. The number of likely N-dealkylation sites (tertiary alicyclic amines) is 1. The Morgan fingerprint density at radius 1 is 1.45 bits per heavy atom. The van der Waals surface area contributed by atoms with Crippen molar-refractivity contribution in [2.24, 2.45) is 0 Å². The molecule has 3 rings (SSSR count). The summed E-state index contributed by atoms with van der Waals surface area (Å²) in [6.45, 7) is 8.64. The molecule has 0 radical (unpaired) electrons. The molecule has 1 aliphatic carbocycles. The number of nitrogens with zero attached hydrogens (tertiary/aromatic N) is 2. The number of hydrogen-bond donors (Lipinski definition) is 1. The van der Waals surface area contributed by atoms with Gasteiger partial charge in [-0.3, -0.25) is 4.90 Å². The van der Waals surface area contributed by atoms with Crippen LogP contribution in [0.2, 0.25) is 0 Å². The molecule has 1 saturated heterocycles. The van der Waals surface area contributed by atoms with Crippen molar-refractivity contribution in [3.63, 3.8) is 0 Å². The van der Waals surface area contributed by atoms with Gasteiger partial charge in [0.05, 0.1) is 18.3 Å². The van der Waals surface area contributed by atoms with Crippen LogP contribution in [0.25, 0.3) is 0 Å². The van der Waals surface area contributed by atoms with Gasteiger partial charge in [-0.1, -0.05) is 20.8 Å². The molecule has 1 aliphatic heterocycles. The fourth-order valence-electron chi connectivity index (χ4n) is 3.46. The third-order valence-electron chi connectivity index (χ3n) is 4.95. The second-order valence-electron chi connectivity index (χ2n) is 7.52. The highest BCUT2D eigenvalue weighted by atomic mass is 32.1. The van der Waals surface area contributed by atoms with E-state index in [1.165, 1.54) is 30.0 Å². The number of aliphatic hydroxyl groups is 1. The quantitative estimate of drug-likeness (QED) is 0.909. The molecule has 1 N–H and O–H groups in total. The minimum Gasteiger partial charge on any atom is -0.393 e. The summed E-state index contributed by atoms with van der Waals surface area (Å²) in [4.78, 5) is 7.42. The fraction of sp³-hybridized carbons (Fsp3) is 0.812. The minimum absolute atomic E-state index is 0.0898. The summed E-state index contributed by atoms with van der Waals surface area (Å²) < 4.78 is 0. The smallest absolute Gasteiger partial charge is 0.107 e. The lowest BCUT2D eigenvalue weighted by Crippen LogP contribution is -2.58. The van der Waals surface area contributed by atoms with E-state index in [1.54, 1.807) is 11.3 Å². The van der Waals surface area contributed by atoms with Crippen molar-refractivity contribution in [1.29, 1.82) is 0 Å². The number of rotatable bonds is 2. The molecule has 3 nitrogen and oxygen atoms in total. The van der Waals surface area contributed by atoms with Crippen LogP contribution in [0, 0.1) is 0 Å². The molecule has 0 aromatic carbocycles. The second kappa shape index (κ2) is 5.08. The highest BCUT2D eigenvalue weighted by Gasteiger charge is 2.46. The summed E-state index contributed by atoms with van der Waals surface area (Å²) in [5.74, 6) is 0. The van der Waals surface area contributed by atoms with E-state index >= 15 is 0 Å². The Bertz CT molecular complexity index is 473. The molecule has 1 atom stereocenters. The van der Waals surface area contributed by atoms with E-state index < -0.39 is 0 Å². The van der Waals surface area contributed by atoms with Crippen molar-refractivity contribution < 1.29 is 5.11 Å². The van der Waals surface area contributed by atoms with Gasteiger partial charge in [0.2, 0.25) is 0 Å². The molecular formula is C16H26N2OS. The van der Waals surface area contributed by atoms with Crippen LogP contribution in [0.1, 0.15) is 63.6 Å². The Morgan fingerprint density at radius 3 is 2.75 bits per heavy atom. The Balaban J connectivity index is 1.72. The Hall–Kier alpha value is -0.450. The topological polar surface area (TPSA) is 36.4 Å². The van der Waals surface area contributed by atoms with Gasteiger partial charge < -0.3 is 5.11 Å². The third-order valence-corrected chi connectivity index (χ3v) is 5.78. The highest BCUT2D eigenvalue weighted by Crippen LogP contribution is 2.45. The standard InChI is InChI=1S/C16H26N2OS/c1-15(2,3)13-11-20-14(17-13)10-18-8-5-12(19)9-16(18)6-4-7-16/h11-12,19H,4-10H2,1-3H3. The van der Waals surface area contributed by atoms with Gasteiger partial charge in [0.15, 0.2) is 0 Å². The predicted octanol–water partition coefficient (Wildman–Crippen LogP) is 3.32. The van der Waals surface area contributed by atoms with Crippen LogP contribution >= 0.6 is 11.3 Å². The van der Waals surface area contributed by atoms with Crippen molar-refractivity contribution in [3.05, 3.63) is 16.1 Å². The van der Waals surface area contributed by atoms with Gasteiger partial charge in [-0.2, -0.15) is 0 Å². The molecule has 1 aromatic rings. The maximum Gasteiger partial charge on any atom is 0.107 e. The summed E-state index contributed by atoms with van der Waals surface area (Å²) in [6, 6.07) is 0. The largest absolute Gasteiger partial charge is 0.393 e. The highest BCUT2D eigenvalue weighted by molar-refractivity contribution is 7.09. The molecule has 2 fully saturated rings. The van der Waals surface area contributed by atoms with E-state index in [0.717, 1.165) is 25.9 Å². The summed E-state index contributed by atoms with van der Waals surface area (Å²) in [5, 5.41) is 13.4. The average molecular weight is 294 g/mol. The van der Waals surface area contributed by atoms with E-state index in [4.69, 9.17) is 4.98 Å². The van der Waals surface area contributed by atoms with Crippen LogP contribution in [0.15, 0.2) is 5.38 Å². The lowest BCUT2D eigenvalue weighted by Gasteiger charge is -2.54. The summed E-state index contributed by atoms with van der Waals surface area (Å²) in [5.41, 5.74) is 1.63. The Kier molecular flexibility index (Phi) is 3.68. The van der Waals surface area contributed by atoms with Crippen molar-refractivity contribution in [3.8, 4) is 0 Å². The number of piperidine rings is 1. The first kappa shape index (κ1) is 14.5. The monoisotopic (exact) mass is 294 g/mol. The molecule has 4 heteroatoms. The van der Waals surface area contributed by atoms with E-state index in [1.807, 2.05) is 0 Å². The van der Waals surface area contributed by atoms with Crippen LogP contribution in [-0.2, 0) is 12.0 Å². The maximum atomic E-state index is 9.96. The number of aromatic nitrogens is 1. The van der Waals surface area contributed by atoms with Gasteiger partial charge >= 0.3 is 0 Å². The number of hydrogen-bond acceptors (Lipinski definition) is 4. The Labute approximate surface area is 126 Å². The van der Waals surface area contributed by atoms with Gasteiger partial charge in [-0.25, -0.2) is 4.98 Å². The minimum atomic E-state index is -0.0898. The maximum absolute atomic E-state index is 9.96. The Morgan fingerprint density at radius 2 is 2.20 bits per heavy atom. The molecule has 2 heterocycles. The van der Waals surface area contributed by atoms with Gasteiger partial charge in [0, 0.05) is 22.9 Å². The molecule has 1 spiro atoms. The van der Waals surface area contributed by atoms with Gasteiger partial charge in [-0.05, 0) is 32.1 Å². The van der Waals surface area contributed by atoms with E-state index in [0.29, 0.717) is 0 Å². The van der Waals surface area contributed by atoms with Crippen LogP contribution in [0.4, 0.5) is 0 Å². The zero-order valence-corrected chi connectivity index (χ0v) is 13.7. The molecule has 20 heavy (non-hydrogen) atoms. The molecule has 1 saturated carbocycles. The number of thiazole rings is 1. The zero-order valence-electron chi connectivity index (χ0n) is 12.9. The molecule has 112 valence electrons. The predicted molar refractivity (Wildman–Crippen MR) is 83.0 cm³/mol. The van der Waals surface area contributed by atoms with Gasteiger partial charge in [0.25, 0.3) is 0 Å². The first-order valence-electron chi connectivity index (χ1n) is 7.77. The van der Waals surface area contributed by atoms with E-state index in [2.05, 4.69) is 31.1 Å². The molecule has 2 aliphatic rings. The van der Waals surface area contributed by atoms with E-state index in [-0.39, 0.29) is 17.1 Å². The van der Waals surface area contributed by atoms with Gasteiger partial charge in [0.1, 0.15) is 5.01 Å². The van der Waals surface area contributed by atoms with Crippen molar-refractivity contribution in [2.45, 2.75) is 76.5 Å². The first-order valence-corrected chi connectivity index (χ1v) is 8.65. The SMILES string of the molecule is CC(C)(C)c1csc(CN2CCC(O)CC23CCC3)n1. The first-order chi connectivity index (χ1) is 9.39. The molecule has 1 unspecified atom stereocenters. The lowest BCUT2D eigenvalue weighted by molar-refractivity contribution is -0.0702. The van der Waals surface area contributed by atoms with Crippen LogP contribution in [-0.4, -0.2) is 33.2 Å². The van der Waals surface area contributed by atoms with Gasteiger partial charge in [-0.15, -0.1) is 11.3 Å². The third kappa shape index (κ3) is 2.66. The summed E-state index contributed by atoms with van der Waals surface area (Å²) in [6.07, 6.45) is 5.61. The van der Waals surface area contributed by atoms with Crippen molar-refractivity contribution in [1.82, 2.24) is 9.88 Å². The fourth-order valence-corrected chi connectivity index (χ4v) is 4.49. The van der Waals surface area contributed by atoms with Crippen LogP contribution in [0.5, 0.6) is 0 Å². The van der Waals surface area contributed by atoms with Crippen molar-refractivity contribution in [2.75, 3.05) is 6.54 Å². The summed E-state index contributed by atoms with van der Waals surface area (Å²) >= 11 is 1.79. The van der Waals surface area contributed by atoms with Crippen LogP contribution < -0.4 is 0 Å². The van der Waals surface area contributed by atoms with Crippen LogP contribution in [0.3, 0.4) is 0 Å². The second-order valence-corrected chi connectivity index (χ2v) is 8.47. The lowest BCUT2D eigenvalue weighted by atomic mass is 9.69. The number of aliphatic hydroxyl groups excluding tert-OH is 1. The van der Waals surface area contributed by atoms with E-state index in [9.17, 15) is 5.11 Å². The zero-order chi connectivity index (χ0) is 14.4. The summed E-state index contributed by atoms with van der Waals surface area (Å²) in [7, 11) is 0. The molecule has 0 amide bonds. The normalized spacial score (nSPS) is 26.7. The molecular weight excluding hydrogens is 268 g/mol.